The molecule has 3 nitrogen and oxygen atoms in total. The molecule has 0 aliphatic carbocycles. The van der Waals surface area contributed by atoms with E-state index in [1.807, 2.05) is 24.3 Å². The van der Waals surface area contributed by atoms with Crippen LogP contribution in [0.4, 0.5) is 0 Å². The topological polar surface area (TPSA) is 49.3 Å². The Morgan fingerprint density at radius 3 is 2.52 bits per heavy atom. The first-order valence-electron chi connectivity index (χ1n) is 7.02. The third kappa shape index (κ3) is 4.41. The smallest absolute Gasteiger partial charge is 0.307 e. The van der Waals surface area contributed by atoms with Crippen molar-refractivity contribution in [2.24, 2.45) is 0 Å². The zero-order chi connectivity index (χ0) is 15.3. The van der Waals surface area contributed by atoms with Crippen LogP contribution in [0.2, 0.25) is 0 Å². The number of nitrogens with one attached hydrogen (secondary N) is 1. The van der Waals surface area contributed by atoms with Crippen molar-refractivity contribution in [2.75, 3.05) is 6.54 Å². The second kappa shape index (κ2) is 6.87. The molecular weight excluding hydrogens is 282 g/mol. The molecule has 0 aliphatic heterocycles. The highest BCUT2D eigenvalue weighted by molar-refractivity contribution is 7.10. The minimum Gasteiger partial charge on any atom is -0.481 e. The summed E-state index contributed by atoms with van der Waals surface area (Å²) in [6, 6.07) is 11.9. The maximum absolute atomic E-state index is 10.9. The van der Waals surface area contributed by atoms with Crippen molar-refractivity contribution < 1.29 is 9.90 Å². The lowest BCUT2D eigenvalue weighted by molar-refractivity contribution is -0.136. The molecule has 2 rings (SSSR count). The van der Waals surface area contributed by atoms with E-state index in [2.05, 4.69) is 36.7 Å². The fourth-order valence-electron chi connectivity index (χ4n) is 2.33. The highest BCUT2D eigenvalue weighted by Gasteiger charge is 2.21. The Morgan fingerprint density at radius 2 is 1.90 bits per heavy atom. The average Bonchev–Trinajstić information content (AvgIpc) is 2.95. The van der Waals surface area contributed by atoms with Gasteiger partial charge in [-0.25, -0.2) is 0 Å². The van der Waals surface area contributed by atoms with Crippen LogP contribution in [0.1, 0.15) is 29.9 Å². The van der Waals surface area contributed by atoms with Gasteiger partial charge in [0.2, 0.25) is 0 Å². The molecule has 1 aromatic carbocycles. The number of hydrogen-bond donors (Lipinski definition) is 2. The summed E-state index contributed by atoms with van der Waals surface area (Å²) in [7, 11) is 0. The Kier molecular flexibility index (Phi) is 5.15. The van der Waals surface area contributed by atoms with Crippen molar-refractivity contribution in [3.63, 3.8) is 0 Å². The highest BCUT2D eigenvalue weighted by Crippen LogP contribution is 2.26. The number of carbonyl (C=O) groups is 1. The summed E-state index contributed by atoms with van der Waals surface area (Å²) >= 11 is 1.77. The van der Waals surface area contributed by atoms with E-state index >= 15 is 0 Å². The summed E-state index contributed by atoms with van der Waals surface area (Å²) in [6.45, 7) is 5.98. The number of carboxylic acids is 1. The zero-order valence-electron chi connectivity index (χ0n) is 12.4. The van der Waals surface area contributed by atoms with Gasteiger partial charge in [-0.3, -0.25) is 4.79 Å². The lowest BCUT2D eigenvalue weighted by Crippen LogP contribution is -2.32. The first-order valence-corrected chi connectivity index (χ1v) is 7.90. The van der Waals surface area contributed by atoms with Crippen LogP contribution in [0.3, 0.4) is 0 Å². The van der Waals surface area contributed by atoms with Crippen molar-refractivity contribution >= 4 is 17.3 Å². The molecule has 0 spiro atoms. The first-order chi connectivity index (χ1) is 9.99. The van der Waals surface area contributed by atoms with Crippen LogP contribution in [0, 0.1) is 0 Å². The van der Waals surface area contributed by atoms with E-state index in [1.54, 1.807) is 11.3 Å². The molecule has 2 N–H and O–H groups in total. The van der Waals surface area contributed by atoms with Gasteiger partial charge < -0.3 is 10.4 Å². The number of thiophene rings is 1. The van der Waals surface area contributed by atoms with Crippen LogP contribution in [-0.4, -0.2) is 17.6 Å². The Hall–Kier alpha value is -1.65. The molecule has 2 aromatic rings. The third-order valence-corrected chi connectivity index (χ3v) is 4.77. The van der Waals surface area contributed by atoms with Gasteiger partial charge in [0.15, 0.2) is 0 Å². The summed E-state index contributed by atoms with van der Waals surface area (Å²) in [5, 5.41) is 14.5. The number of carboxylic acid groups (broad SMARTS) is 1. The summed E-state index contributed by atoms with van der Waals surface area (Å²) in [5.74, 6) is -0.790. The number of benzene rings is 1. The molecule has 0 unspecified atom stereocenters. The van der Waals surface area contributed by atoms with Crippen LogP contribution in [0.15, 0.2) is 41.8 Å². The van der Waals surface area contributed by atoms with Crippen molar-refractivity contribution in [3.8, 4) is 0 Å². The molecule has 4 heteroatoms. The van der Waals surface area contributed by atoms with Crippen LogP contribution in [0.5, 0.6) is 0 Å². The quantitative estimate of drug-likeness (QED) is 0.824. The highest BCUT2D eigenvalue weighted by atomic mass is 32.1. The maximum Gasteiger partial charge on any atom is 0.307 e. The Morgan fingerprint density at radius 1 is 1.19 bits per heavy atom. The van der Waals surface area contributed by atoms with E-state index in [-0.39, 0.29) is 11.8 Å². The van der Waals surface area contributed by atoms with E-state index in [4.69, 9.17) is 5.11 Å². The van der Waals surface area contributed by atoms with Gasteiger partial charge in [-0.1, -0.05) is 44.2 Å². The van der Waals surface area contributed by atoms with E-state index in [1.165, 1.54) is 4.88 Å². The molecule has 1 aromatic heterocycles. The molecule has 0 saturated carbocycles. The van der Waals surface area contributed by atoms with Crippen LogP contribution in [0.25, 0.3) is 0 Å². The van der Waals surface area contributed by atoms with Crippen LogP contribution < -0.4 is 5.32 Å². The molecule has 21 heavy (non-hydrogen) atoms. The predicted molar refractivity (Wildman–Crippen MR) is 86.8 cm³/mol. The Labute approximate surface area is 129 Å². The monoisotopic (exact) mass is 303 g/mol. The SMILES string of the molecule is CC(C)(CNCc1ccccc1CC(=O)O)c1cccs1. The summed E-state index contributed by atoms with van der Waals surface area (Å²) in [4.78, 5) is 12.2. The van der Waals surface area contributed by atoms with E-state index < -0.39 is 5.97 Å². The van der Waals surface area contributed by atoms with Gasteiger partial charge in [-0.2, -0.15) is 0 Å². The standard InChI is InChI=1S/C17H21NO2S/c1-17(2,15-8-5-9-21-15)12-18-11-14-7-4-3-6-13(14)10-16(19)20/h3-9,18H,10-12H2,1-2H3,(H,19,20). The molecule has 1 heterocycles. The lowest BCUT2D eigenvalue weighted by Gasteiger charge is -2.24. The van der Waals surface area contributed by atoms with Crippen LogP contribution >= 0.6 is 11.3 Å². The molecule has 0 radical (unpaired) electrons. The van der Waals surface area contributed by atoms with Crippen molar-refractivity contribution in [1.82, 2.24) is 5.32 Å². The number of rotatable bonds is 7. The van der Waals surface area contributed by atoms with Crippen molar-refractivity contribution in [3.05, 3.63) is 57.8 Å². The molecule has 0 saturated heterocycles. The van der Waals surface area contributed by atoms with Gasteiger partial charge in [0.05, 0.1) is 6.42 Å². The molecule has 112 valence electrons. The second-order valence-corrected chi connectivity index (χ2v) is 6.75. The van der Waals surface area contributed by atoms with Crippen LogP contribution in [-0.2, 0) is 23.2 Å². The number of hydrogen-bond acceptors (Lipinski definition) is 3. The first kappa shape index (κ1) is 15.7. The second-order valence-electron chi connectivity index (χ2n) is 5.80. The summed E-state index contributed by atoms with van der Waals surface area (Å²) in [5.41, 5.74) is 2.02. The van der Waals surface area contributed by atoms with Gasteiger partial charge in [0.1, 0.15) is 0 Å². The van der Waals surface area contributed by atoms with E-state index in [0.717, 1.165) is 17.7 Å². The van der Waals surface area contributed by atoms with Gasteiger partial charge in [0.25, 0.3) is 0 Å². The molecule has 0 amide bonds. The maximum atomic E-state index is 10.9. The fraction of sp³-hybridized carbons (Fsp3) is 0.353. The molecule has 0 aliphatic rings. The van der Waals surface area contributed by atoms with Gasteiger partial charge in [0, 0.05) is 23.4 Å². The summed E-state index contributed by atoms with van der Waals surface area (Å²) in [6.07, 6.45) is 0.0756. The number of aliphatic carboxylic acids is 1. The normalized spacial score (nSPS) is 11.5. The van der Waals surface area contributed by atoms with Gasteiger partial charge >= 0.3 is 5.97 Å². The molecule has 0 fully saturated rings. The minimum atomic E-state index is -0.790. The van der Waals surface area contributed by atoms with E-state index in [9.17, 15) is 4.79 Å². The van der Waals surface area contributed by atoms with E-state index in [0.29, 0.717) is 6.54 Å². The van der Waals surface area contributed by atoms with Crippen molar-refractivity contribution in [2.45, 2.75) is 32.2 Å². The predicted octanol–water partition coefficient (Wildman–Crippen LogP) is 3.44. The Balaban J connectivity index is 1.96. The minimum absolute atomic E-state index is 0.0756. The largest absolute Gasteiger partial charge is 0.481 e. The molecule has 0 bridgehead atoms. The van der Waals surface area contributed by atoms with Gasteiger partial charge in [-0.15, -0.1) is 11.3 Å². The van der Waals surface area contributed by atoms with Crippen molar-refractivity contribution in [1.29, 1.82) is 0 Å². The Bertz CT molecular complexity index is 591. The average molecular weight is 303 g/mol. The fourth-order valence-corrected chi connectivity index (χ4v) is 3.18. The summed E-state index contributed by atoms with van der Waals surface area (Å²) < 4.78 is 0. The third-order valence-electron chi connectivity index (χ3n) is 3.53. The lowest BCUT2D eigenvalue weighted by atomic mass is 9.91. The zero-order valence-corrected chi connectivity index (χ0v) is 13.2. The molecule has 0 atom stereocenters. The molecular formula is C17H21NO2S. The van der Waals surface area contributed by atoms with Gasteiger partial charge in [-0.05, 0) is 22.6 Å².